The Balaban J connectivity index is 1.74. The number of carbonyl (C=O) groups is 1. The van der Waals surface area contributed by atoms with Crippen LogP contribution in [-0.4, -0.2) is 81.2 Å². The van der Waals surface area contributed by atoms with E-state index >= 15 is 0 Å². The van der Waals surface area contributed by atoms with Crippen LogP contribution in [0.3, 0.4) is 0 Å². The maximum atomic E-state index is 12.0. The largest absolute Gasteiger partial charge is 0.374 e. The number of nitrogens with one attached hydrogen (secondary N) is 3. The van der Waals surface area contributed by atoms with E-state index in [2.05, 4.69) is 20.9 Å². The van der Waals surface area contributed by atoms with Gasteiger partial charge in [0.2, 0.25) is 0 Å². The molecule has 7 heteroatoms. The van der Waals surface area contributed by atoms with Crippen molar-refractivity contribution in [3.8, 4) is 6.07 Å². The molecule has 0 aromatic rings. The Kier molecular flexibility index (Phi) is 6.47. The lowest BCUT2D eigenvalue weighted by Gasteiger charge is -2.27. The highest BCUT2D eigenvalue weighted by Crippen LogP contribution is 2.00. The van der Waals surface area contributed by atoms with E-state index in [0.717, 1.165) is 58.9 Å². The highest BCUT2D eigenvalue weighted by molar-refractivity contribution is 5.97. The van der Waals surface area contributed by atoms with Gasteiger partial charge in [-0.15, -0.1) is 0 Å². The third-order valence-corrected chi connectivity index (χ3v) is 3.75. The Morgan fingerprint density at radius 2 is 1.76 bits per heavy atom. The Bertz CT molecular complexity index is 404. The zero-order valence-corrected chi connectivity index (χ0v) is 12.4. The molecule has 2 aliphatic heterocycles. The molecule has 2 saturated heterocycles. The molecule has 3 N–H and O–H groups in total. The van der Waals surface area contributed by atoms with Crippen LogP contribution in [0, 0.1) is 11.3 Å². The number of hydrogen-bond acceptors (Lipinski definition) is 6. The highest BCUT2D eigenvalue weighted by atomic mass is 16.1. The molecule has 0 aromatic carbocycles. The molecule has 2 fully saturated rings. The van der Waals surface area contributed by atoms with Crippen molar-refractivity contribution in [3.05, 3.63) is 11.8 Å². The van der Waals surface area contributed by atoms with Gasteiger partial charge >= 0.3 is 0 Å². The van der Waals surface area contributed by atoms with Crippen molar-refractivity contribution in [1.82, 2.24) is 25.8 Å². The topological polar surface area (TPSA) is 83.4 Å². The predicted octanol–water partition coefficient (Wildman–Crippen LogP) is -1.68. The maximum Gasteiger partial charge on any atom is 0.263 e. The third-order valence-electron chi connectivity index (χ3n) is 3.75. The Morgan fingerprint density at radius 1 is 1.14 bits per heavy atom. The predicted molar refractivity (Wildman–Crippen MR) is 80.5 cm³/mol. The number of carbonyl (C=O) groups excluding carboxylic acids is 1. The molecular formula is C14H24N6O. The zero-order valence-electron chi connectivity index (χ0n) is 12.4. The van der Waals surface area contributed by atoms with Gasteiger partial charge in [0.1, 0.15) is 11.6 Å². The van der Waals surface area contributed by atoms with Crippen molar-refractivity contribution >= 4 is 5.91 Å². The van der Waals surface area contributed by atoms with Gasteiger partial charge in [0.15, 0.2) is 0 Å². The molecule has 2 heterocycles. The second-order valence-electron chi connectivity index (χ2n) is 5.29. The maximum absolute atomic E-state index is 12.0. The van der Waals surface area contributed by atoms with Gasteiger partial charge in [-0.05, 0) is 0 Å². The van der Waals surface area contributed by atoms with Crippen LogP contribution in [0.1, 0.15) is 0 Å². The Labute approximate surface area is 126 Å². The summed E-state index contributed by atoms with van der Waals surface area (Å²) >= 11 is 0. The zero-order chi connectivity index (χ0) is 14.9. The molecule has 0 radical (unpaired) electrons. The molecule has 0 spiro atoms. The van der Waals surface area contributed by atoms with E-state index in [0.29, 0.717) is 6.54 Å². The van der Waals surface area contributed by atoms with Gasteiger partial charge in [0.05, 0.1) is 0 Å². The second kappa shape index (κ2) is 8.62. The molecule has 0 aromatic heterocycles. The summed E-state index contributed by atoms with van der Waals surface area (Å²) in [7, 11) is 0. The molecule has 116 valence electrons. The molecule has 1 amide bonds. The van der Waals surface area contributed by atoms with Gasteiger partial charge in [-0.3, -0.25) is 9.69 Å². The fourth-order valence-corrected chi connectivity index (χ4v) is 2.49. The van der Waals surface area contributed by atoms with E-state index in [1.165, 1.54) is 0 Å². The van der Waals surface area contributed by atoms with Crippen molar-refractivity contribution in [3.63, 3.8) is 0 Å². The van der Waals surface area contributed by atoms with Gasteiger partial charge in [0.25, 0.3) is 5.91 Å². The van der Waals surface area contributed by atoms with Crippen molar-refractivity contribution in [2.75, 3.05) is 65.4 Å². The lowest BCUT2D eigenvalue weighted by Crippen LogP contribution is -2.46. The van der Waals surface area contributed by atoms with Crippen LogP contribution in [-0.2, 0) is 4.79 Å². The fourth-order valence-electron chi connectivity index (χ4n) is 2.49. The standard InChI is InChI=1S/C14H24N6O/c15-11-13(12-20-8-3-17-4-9-20)14(21)18-5-10-19-6-1-16-2-7-19/h12,16-17H,1-10H2,(H,18,21)/b13-12-. The summed E-state index contributed by atoms with van der Waals surface area (Å²) < 4.78 is 0. The van der Waals surface area contributed by atoms with E-state index in [1.54, 1.807) is 6.20 Å². The lowest BCUT2D eigenvalue weighted by atomic mass is 10.2. The molecule has 2 aliphatic rings. The minimum absolute atomic E-state index is 0.192. The quantitative estimate of drug-likeness (QED) is 0.415. The number of amides is 1. The smallest absolute Gasteiger partial charge is 0.263 e. The summed E-state index contributed by atoms with van der Waals surface area (Å²) in [6.07, 6.45) is 1.68. The number of nitrogens with zero attached hydrogens (tertiary/aromatic N) is 3. The number of rotatable bonds is 5. The van der Waals surface area contributed by atoms with Crippen LogP contribution < -0.4 is 16.0 Å². The number of piperazine rings is 2. The average Bonchev–Trinajstić information content (AvgIpc) is 2.54. The minimum atomic E-state index is -0.272. The molecule has 0 aliphatic carbocycles. The van der Waals surface area contributed by atoms with Crippen LogP contribution >= 0.6 is 0 Å². The van der Waals surface area contributed by atoms with Crippen LogP contribution in [0.25, 0.3) is 0 Å². The van der Waals surface area contributed by atoms with Crippen LogP contribution in [0.15, 0.2) is 11.8 Å². The van der Waals surface area contributed by atoms with Crippen LogP contribution in [0.5, 0.6) is 0 Å². The first-order chi connectivity index (χ1) is 10.3. The van der Waals surface area contributed by atoms with Crippen molar-refractivity contribution in [1.29, 1.82) is 5.26 Å². The highest BCUT2D eigenvalue weighted by Gasteiger charge is 2.14. The van der Waals surface area contributed by atoms with Crippen LogP contribution in [0.4, 0.5) is 0 Å². The third kappa shape index (κ3) is 5.34. The fraction of sp³-hybridized carbons (Fsp3) is 0.714. The summed E-state index contributed by atoms with van der Waals surface area (Å²) in [6.45, 7) is 8.88. The van der Waals surface area contributed by atoms with Crippen molar-refractivity contribution in [2.24, 2.45) is 0 Å². The molecule has 0 unspecified atom stereocenters. The molecule has 7 nitrogen and oxygen atoms in total. The van der Waals surface area contributed by atoms with E-state index in [1.807, 2.05) is 11.0 Å². The van der Waals surface area contributed by atoms with Gasteiger partial charge in [-0.1, -0.05) is 0 Å². The van der Waals surface area contributed by atoms with Gasteiger partial charge in [0, 0.05) is 71.6 Å². The van der Waals surface area contributed by atoms with Crippen molar-refractivity contribution < 1.29 is 4.79 Å². The lowest BCUT2D eigenvalue weighted by molar-refractivity contribution is -0.117. The van der Waals surface area contributed by atoms with E-state index < -0.39 is 0 Å². The monoisotopic (exact) mass is 292 g/mol. The summed E-state index contributed by atoms with van der Waals surface area (Å²) in [4.78, 5) is 16.3. The van der Waals surface area contributed by atoms with Crippen molar-refractivity contribution in [2.45, 2.75) is 0 Å². The summed E-state index contributed by atoms with van der Waals surface area (Å²) in [5.41, 5.74) is 0.192. The Morgan fingerprint density at radius 3 is 2.38 bits per heavy atom. The SMILES string of the molecule is N#C/C(=C/N1CCNCC1)C(=O)NCCN1CCNCC1. The van der Waals surface area contributed by atoms with E-state index in [4.69, 9.17) is 5.26 Å². The second-order valence-corrected chi connectivity index (χ2v) is 5.29. The average molecular weight is 292 g/mol. The molecule has 0 atom stereocenters. The first kappa shape index (κ1) is 15.8. The Hall–Kier alpha value is -1.62. The van der Waals surface area contributed by atoms with Crippen LogP contribution in [0.2, 0.25) is 0 Å². The number of nitriles is 1. The minimum Gasteiger partial charge on any atom is -0.374 e. The number of hydrogen-bond donors (Lipinski definition) is 3. The van der Waals surface area contributed by atoms with Gasteiger partial charge in [-0.25, -0.2) is 0 Å². The summed E-state index contributed by atoms with van der Waals surface area (Å²) in [5.74, 6) is -0.272. The van der Waals surface area contributed by atoms with Gasteiger partial charge in [-0.2, -0.15) is 5.26 Å². The first-order valence-corrected chi connectivity index (χ1v) is 7.57. The molecule has 21 heavy (non-hydrogen) atoms. The molecule has 2 rings (SSSR count). The summed E-state index contributed by atoms with van der Waals surface area (Å²) in [6, 6.07) is 2.00. The van der Waals surface area contributed by atoms with E-state index in [9.17, 15) is 4.79 Å². The van der Waals surface area contributed by atoms with Gasteiger partial charge < -0.3 is 20.9 Å². The molecule has 0 bridgehead atoms. The molecular weight excluding hydrogens is 268 g/mol. The normalized spacial score (nSPS) is 20.9. The molecule has 0 saturated carbocycles. The first-order valence-electron chi connectivity index (χ1n) is 7.57. The summed E-state index contributed by atoms with van der Waals surface area (Å²) in [5, 5.41) is 18.5. The van der Waals surface area contributed by atoms with E-state index in [-0.39, 0.29) is 11.5 Å².